The average molecular weight is 372 g/mol. The number of carbonyl (C=O) groups is 2. The van der Waals surface area contributed by atoms with Gasteiger partial charge in [0.1, 0.15) is 6.29 Å². The predicted octanol–water partition coefficient (Wildman–Crippen LogP) is 3.12. The van der Waals surface area contributed by atoms with E-state index in [1.54, 1.807) is 0 Å². The van der Waals surface area contributed by atoms with E-state index in [1.165, 1.54) is 50.7 Å². The van der Waals surface area contributed by atoms with Crippen LogP contribution in [0.4, 0.5) is 5.69 Å². The summed E-state index contributed by atoms with van der Waals surface area (Å²) in [6.45, 7) is 0.401. The van der Waals surface area contributed by atoms with Gasteiger partial charge in [0.2, 0.25) is 0 Å². The van der Waals surface area contributed by atoms with Gasteiger partial charge >= 0.3 is 5.69 Å². The van der Waals surface area contributed by atoms with Crippen LogP contribution in [0.15, 0.2) is 18.2 Å². The SMILES string of the molecule is O=Cc1ccc(OCC(=O)NCC23CC4CC(CC(C4)C2)C3)c([N+](=O)[O-])c1. The summed E-state index contributed by atoms with van der Waals surface area (Å²) in [7, 11) is 0. The lowest BCUT2D eigenvalue weighted by Gasteiger charge is -2.56. The van der Waals surface area contributed by atoms with E-state index in [0.717, 1.165) is 23.8 Å². The Morgan fingerprint density at radius 1 is 1.22 bits per heavy atom. The summed E-state index contributed by atoms with van der Waals surface area (Å²) in [5, 5.41) is 14.1. The molecule has 1 aromatic carbocycles. The van der Waals surface area contributed by atoms with Crippen molar-refractivity contribution in [1.29, 1.82) is 0 Å². The van der Waals surface area contributed by atoms with Gasteiger partial charge in [-0.2, -0.15) is 0 Å². The molecule has 1 N–H and O–H groups in total. The van der Waals surface area contributed by atoms with Gasteiger partial charge in [-0.15, -0.1) is 0 Å². The van der Waals surface area contributed by atoms with Crippen molar-refractivity contribution >= 4 is 17.9 Å². The van der Waals surface area contributed by atoms with Crippen LogP contribution in [-0.4, -0.2) is 30.3 Å². The molecule has 7 heteroatoms. The van der Waals surface area contributed by atoms with Gasteiger partial charge in [-0.05, 0) is 73.8 Å². The molecule has 4 saturated carbocycles. The maximum absolute atomic E-state index is 12.3. The van der Waals surface area contributed by atoms with E-state index in [2.05, 4.69) is 5.32 Å². The number of benzene rings is 1. The highest BCUT2D eigenvalue weighted by Crippen LogP contribution is 2.59. The Kier molecular flexibility index (Phi) is 4.61. The molecule has 5 rings (SSSR count). The number of amides is 1. The number of rotatable bonds is 7. The second kappa shape index (κ2) is 6.94. The lowest BCUT2D eigenvalue weighted by molar-refractivity contribution is -0.385. The molecule has 0 aromatic heterocycles. The Bertz CT molecular complexity index is 740. The fourth-order valence-electron chi connectivity index (χ4n) is 5.86. The third kappa shape index (κ3) is 3.68. The Morgan fingerprint density at radius 2 is 1.85 bits per heavy atom. The molecule has 0 saturated heterocycles. The number of nitro benzene ring substituents is 1. The minimum atomic E-state index is -0.615. The summed E-state index contributed by atoms with van der Waals surface area (Å²) in [5.74, 6) is 2.20. The van der Waals surface area contributed by atoms with Gasteiger partial charge in [0.05, 0.1) is 4.92 Å². The molecular weight excluding hydrogens is 348 g/mol. The second-order valence-corrected chi connectivity index (χ2v) is 8.59. The van der Waals surface area contributed by atoms with Crippen molar-refractivity contribution in [3.63, 3.8) is 0 Å². The number of nitro groups is 1. The maximum atomic E-state index is 12.3. The molecule has 144 valence electrons. The minimum Gasteiger partial charge on any atom is -0.477 e. The molecular formula is C20H24N2O5. The zero-order valence-electron chi connectivity index (χ0n) is 15.2. The zero-order chi connectivity index (χ0) is 19.0. The molecule has 4 aliphatic rings. The largest absolute Gasteiger partial charge is 0.477 e. The smallest absolute Gasteiger partial charge is 0.311 e. The van der Waals surface area contributed by atoms with Crippen LogP contribution in [0.25, 0.3) is 0 Å². The predicted molar refractivity (Wildman–Crippen MR) is 97.6 cm³/mol. The topological polar surface area (TPSA) is 98.5 Å². The standard InChI is InChI=1S/C20H24N2O5/c23-10-13-1-2-18(17(6-13)22(25)26)27-11-19(24)21-12-20-7-14-3-15(8-20)5-16(4-14)9-20/h1-2,6,10,14-16H,3-5,7-9,11-12H2,(H,21,24). The molecule has 0 unspecified atom stereocenters. The van der Waals surface area contributed by atoms with Crippen molar-refractivity contribution in [2.45, 2.75) is 38.5 Å². The highest BCUT2D eigenvalue weighted by Gasteiger charge is 2.50. The van der Waals surface area contributed by atoms with Gasteiger partial charge in [0.25, 0.3) is 5.91 Å². The van der Waals surface area contributed by atoms with Gasteiger partial charge < -0.3 is 10.1 Å². The monoisotopic (exact) mass is 372 g/mol. The molecule has 0 heterocycles. The first-order valence-electron chi connectivity index (χ1n) is 9.59. The van der Waals surface area contributed by atoms with Crippen LogP contribution < -0.4 is 10.1 Å². The molecule has 4 bridgehead atoms. The van der Waals surface area contributed by atoms with E-state index in [0.29, 0.717) is 12.8 Å². The first-order valence-corrected chi connectivity index (χ1v) is 9.59. The Hall–Kier alpha value is -2.44. The number of carbonyl (C=O) groups excluding carboxylic acids is 2. The van der Waals surface area contributed by atoms with Crippen molar-refractivity contribution in [2.75, 3.05) is 13.2 Å². The molecule has 0 atom stereocenters. The van der Waals surface area contributed by atoms with Gasteiger partial charge in [-0.3, -0.25) is 19.7 Å². The first-order chi connectivity index (χ1) is 13.0. The van der Waals surface area contributed by atoms with Crippen molar-refractivity contribution < 1.29 is 19.2 Å². The number of ether oxygens (including phenoxy) is 1. The van der Waals surface area contributed by atoms with Crippen LogP contribution >= 0.6 is 0 Å². The summed E-state index contributed by atoms with van der Waals surface area (Å²) in [5.41, 5.74) is 0.121. The molecule has 27 heavy (non-hydrogen) atoms. The van der Waals surface area contributed by atoms with E-state index in [4.69, 9.17) is 4.74 Å². The van der Waals surface area contributed by atoms with Crippen molar-refractivity contribution in [3.8, 4) is 5.75 Å². The van der Waals surface area contributed by atoms with E-state index >= 15 is 0 Å². The fraction of sp³-hybridized carbons (Fsp3) is 0.600. The van der Waals surface area contributed by atoms with Gasteiger partial charge in [-0.25, -0.2) is 0 Å². The molecule has 4 fully saturated rings. The maximum Gasteiger partial charge on any atom is 0.311 e. The normalized spacial score (nSPS) is 30.7. The minimum absolute atomic E-state index is 0.00412. The van der Waals surface area contributed by atoms with Crippen LogP contribution in [0.2, 0.25) is 0 Å². The third-order valence-corrected chi connectivity index (χ3v) is 6.50. The Labute approximate surface area is 157 Å². The second-order valence-electron chi connectivity index (χ2n) is 8.59. The fourth-order valence-corrected chi connectivity index (χ4v) is 5.86. The van der Waals surface area contributed by atoms with Crippen LogP contribution in [0.1, 0.15) is 48.9 Å². The molecule has 4 aliphatic carbocycles. The lowest BCUT2D eigenvalue weighted by atomic mass is 9.49. The van der Waals surface area contributed by atoms with Gasteiger partial charge in [0.15, 0.2) is 12.4 Å². The lowest BCUT2D eigenvalue weighted by Crippen LogP contribution is -2.51. The first kappa shape index (κ1) is 17.9. The molecule has 0 spiro atoms. The van der Waals surface area contributed by atoms with Crippen LogP contribution in [0, 0.1) is 33.3 Å². The quantitative estimate of drug-likeness (QED) is 0.450. The third-order valence-electron chi connectivity index (χ3n) is 6.50. The number of hydrogen-bond acceptors (Lipinski definition) is 5. The Balaban J connectivity index is 1.33. The van der Waals surface area contributed by atoms with Crippen LogP contribution in [0.5, 0.6) is 5.75 Å². The molecule has 0 radical (unpaired) electrons. The van der Waals surface area contributed by atoms with Gasteiger partial charge in [-0.1, -0.05) is 0 Å². The number of nitrogens with zero attached hydrogens (tertiary/aromatic N) is 1. The summed E-state index contributed by atoms with van der Waals surface area (Å²) in [6, 6.07) is 3.94. The van der Waals surface area contributed by atoms with Crippen molar-refractivity contribution in [3.05, 3.63) is 33.9 Å². The molecule has 7 nitrogen and oxygen atoms in total. The van der Waals surface area contributed by atoms with Crippen LogP contribution in [0.3, 0.4) is 0 Å². The summed E-state index contributed by atoms with van der Waals surface area (Å²) in [6.07, 6.45) is 8.23. The van der Waals surface area contributed by atoms with E-state index in [9.17, 15) is 19.7 Å². The molecule has 1 aromatic rings. The van der Waals surface area contributed by atoms with Crippen LogP contribution in [-0.2, 0) is 4.79 Å². The highest BCUT2D eigenvalue weighted by molar-refractivity contribution is 5.79. The molecule has 1 amide bonds. The van der Waals surface area contributed by atoms with Gasteiger partial charge in [0, 0.05) is 18.2 Å². The zero-order valence-corrected chi connectivity index (χ0v) is 15.2. The number of nitrogens with one attached hydrogen (secondary N) is 1. The summed E-state index contributed by atoms with van der Waals surface area (Å²) >= 11 is 0. The number of aldehydes is 1. The Morgan fingerprint density at radius 3 is 2.41 bits per heavy atom. The van der Waals surface area contributed by atoms with E-state index in [-0.39, 0.29) is 34.9 Å². The number of hydrogen-bond donors (Lipinski definition) is 1. The van der Waals surface area contributed by atoms with Crippen molar-refractivity contribution in [2.24, 2.45) is 23.2 Å². The van der Waals surface area contributed by atoms with Crippen molar-refractivity contribution in [1.82, 2.24) is 5.32 Å². The van der Waals surface area contributed by atoms with E-state index < -0.39 is 4.92 Å². The average Bonchev–Trinajstić information content (AvgIpc) is 2.63. The molecule has 0 aliphatic heterocycles. The highest BCUT2D eigenvalue weighted by atomic mass is 16.6. The van der Waals surface area contributed by atoms with E-state index in [1.807, 2.05) is 0 Å². The summed E-state index contributed by atoms with van der Waals surface area (Å²) < 4.78 is 5.36. The summed E-state index contributed by atoms with van der Waals surface area (Å²) in [4.78, 5) is 33.5.